The molecule has 12 heavy (non-hydrogen) atoms. The van der Waals surface area contributed by atoms with Crippen molar-refractivity contribution in [3.8, 4) is 0 Å². The third-order valence-electron chi connectivity index (χ3n) is 1.61. The van der Waals surface area contributed by atoms with Crippen LogP contribution in [0.1, 0.15) is 5.56 Å². The summed E-state index contributed by atoms with van der Waals surface area (Å²) in [6.45, 7) is 0. The second-order valence-corrected chi connectivity index (χ2v) is 2.85. The maximum absolute atomic E-state index is 11.2. The van der Waals surface area contributed by atoms with E-state index in [1.807, 2.05) is 24.3 Å². The number of carbonyl (C=O) groups is 1. The lowest BCUT2D eigenvalue weighted by Gasteiger charge is -2.09. The first kappa shape index (κ1) is 8.78. The second-order valence-electron chi connectivity index (χ2n) is 2.85. The van der Waals surface area contributed by atoms with E-state index in [0.29, 0.717) is 6.42 Å². The number of carbonyl (C=O) groups excluding carboxylic acids is 1. The van der Waals surface area contributed by atoms with E-state index in [4.69, 9.17) is 0 Å². The van der Waals surface area contributed by atoms with Crippen molar-refractivity contribution in [2.45, 2.75) is 6.42 Å². The van der Waals surface area contributed by atoms with Gasteiger partial charge in [-0.3, -0.25) is 4.79 Å². The van der Waals surface area contributed by atoms with E-state index in [1.165, 1.54) is 0 Å². The van der Waals surface area contributed by atoms with E-state index in [0.717, 1.165) is 5.56 Å². The SMILES string of the molecule is CN(C)C(=O)Cc1[c]cccc1. The van der Waals surface area contributed by atoms with E-state index < -0.39 is 0 Å². The summed E-state index contributed by atoms with van der Waals surface area (Å²) in [5, 5.41) is 0. The van der Waals surface area contributed by atoms with Crippen LogP contribution in [0.4, 0.5) is 0 Å². The van der Waals surface area contributed by atoms with E-state index in [9.17, 15) is 4.79 Å². The molecule has 0 bridgehead atoms. The van der Waals surface area contributed by atoms with Crippen LogP contribution in [-0.4, -0.2) is 24.9 Å². The molecule has 1 radical (unpaired) electrons. The van der Waals surface area contributed by atoms with E-state index in [2.05, 4.69) is 6.07 Å². The summed E-state index contributed by atoms with van der Waals surface area (Å²) in [7, 11) is 3.51. The Morgan fingerprint density at radius 3 is 2.75 bits per heavy atom. The lowest BCUT2D eigenvalue weighted by atomic mass is 10.1. The number of rotatable bonds is 2. The quantitative estimate of drug-likeness (QED) is 0.638. The summed E-state index contributed by atoms with van der Waals surface area (Å²) in [5.74, 6) is 0.109. The zero-order valence-corrected chi connectivity index (χ0v) is 7.37. The van der Waals surface area contributed by atoms with Gasteiger partial charge in [0.1, 0.15) is 0 Å². The Morgan fingerprint density at radius 1 is 1.50 bits per heavy atom. The van der Waals surface area contributed by atoms with Gasteiger partial charge in [0.2, 0.25) is 5.91 Å². The van der Waals surface area contributed by atoms with Crippen LogP contribution >= 0.6 is 0 Å². The number of likely N-dealkylation sites (N-methyl/N-ethyl adjacent to an activating group) is 1. The minimum absolute atomic E-state index is 0.109. The Bertz CT molecular complexity index is 254. The first-order chi connectivity index (χ1) is 5.70. The van der Waals surface area contributed by atoms with Crippen molar-refractivity contribution >= 4 is 5.91 Å². The van der Waals surface area contributed by atoms with Crippen LogP contribution in [0.25, 0.3) is 0 Å². The highest BCUT2D eigenvalue weighted by Crippen LogP contribution is 1.99. The lowest BCUT2D eigenvalue weighted by molar-refractivity contribution is -0.127. The van der Waals surface area contributed by atoms with Crippen LogP contribution in [-0.2, 0) is 11.2 Å². The molecule has 0 fully saturated rings. The molecule has 0 saturated heterocycles. The molecule has 1 amide bonds. The Labute approximate surface area is 72.8 Å². The molecule has 2 heteroatoms. The van der Waals surface area contributed by atoms with Gasteiger partial charge in [-0.15, -0.1) is 0 Å². The van der Waals surface area contributed by atoms with Gasteiger partial charge in [-0.25, -0.2) is 0 Å². The van der Waals surface area contributed by atoms with Crippen molar-refractivity contribution in [1.82, 2.24) is 4.90 Å². The molecular weight excluding hydrogens is 150 g/mol. The first-order valence-electron chi connectivity index (χ1n) is 3.86. The van der Waals surface area contributed by atoms with Crippen LogP contribution < -0.4 is 0 Å². The van der Waals surface area contributed by atoms with Crippen molar-refractivity contribution < 1.29 is 4.79 Å². The molecule has 0 saturated carbocycles. The molecule has 0 aliphatic heterocycles. The molecule has 1 aromatic rings. The highest BCUT2D eigenvalue weighted by molar-refractivity contribution is 5.78. The summed E-state index contributed by atoms with van der Waals surface area (Å²) in [6.07, 6.45) is 0.438. The summed E-state index contributed by atoms with van der Waals surface area (Å²) >= 11 is 0. The monoisotopic (exact) mass is 162 g/mol. The Morgan fingerprint density at radius 2 is 2.25 bits per heavy atom. The third-order valence-corrected chi connectivity index (χ3v) is 1.61. The molecule has 0 aromatic heterocycles. The number of amides is 1. The lowest BCUT2D eigenvalue weighted by Crippen LogP contribution is -2.23. The van der Waals surface area contributed by atoms with E-state index in [1.54, 1.807) is 19.0 Å². The zero-order valence-electron chi connectivity index (χ0n) is 7.37. The highest BCUT2D eigenvalue weighted by Gasteiger charge is 2.03. The zero-order chi connectivity index (χ0) is 8.97. The van der Waals surface area contributed by atoms with Gasteiger partial charge < -0.3 is 4.90 Å². The van der Waals surface area contributed by atoms with Crippen LogP contribution in [0.2, 0.25) is 0 Å². The molecular formula is C10H12NO. The maximum Gasteiger partial charge on any atom is 0.226 e. The van der Waals surface area contributed by atoms with Gasteiger partial charge >= 0.3 is 0 Å². The first-order valence-corrected chi connectivity index (χ1v) is 3.86. The fraction of sp³-hybridized carbons (Fsp3) is 0.300. The van der Waals surface area contributed by atoms with E-state index >= 15 is 0 Å². The Kier molecular flexibility index (Phi) is 2.86. The number of benzene rings is 1. The van der Waals surface area contributed by atoms with Gasteiger partial charge in [0, 0.05) is 14.1 Å². The number of hydrogen-bond donors (Lipinski definition) is 0. The van der Waals surface area contributed by atoms with E-state index in [-0.39, 0.29) is 5.91 Å². The minimum Gasteiger partial charge on any atom is -0.349 e. The molecule has 0 unspecified atom stereocenters. The molecule has 2 nitrogen and oxygen atoms in total. The average molecular weight is 162 g/mol. The van der Waals surface area contributed by atoms with Gasteiger partial charge in [-0.05, 0) is 11.6 Å². The van der Waals surface area contributed by atoms with Gasteiger partial charge in [-0.1, -0.05) is 24.3 Å². The van der Waals surface area contributed by atoms with Crippen LogP contribution in [0, 0.1) is 6.07 Å². The highest BCUT2D eigenvalue weighted by atomic mass is 16.2. The average Bonchev–Trinajstić information content (AvgIpc) is 2.06. The smallest absolute Gasteiger partial charge is 0.226 e. The standard InChI is InChI=1S/C10H12NO/c1-11(2)10(12)8-9-6-4-3-5-7-9/h3-6H,8H2,1-2H3. The molecule has 0 aliphatic carbocycles. The van der Waals surface area contributed by atoms with Gasteiger partial charge in [0.25, 0.3) is 0 Å². The predicted molar refractivity (Wildman–Crippen MR) is 47.7 cm³/mol. The van der Waals surface area contributed by atoms with Crippen molar-refractivity contribution in [1.29, 1.82) is 0 Å². The van der Waals surface area contributed by atoms with Gasteiger partial charge in [0.15, 0.2) is 0 Å². The van der Waals surface area contributed by atoms with Crippen molar-refractivity contribution in [2.24, 2.45) is 0 Å². The largest absolute Gasteiger partial charge is 0.349 e. The molecule has 0 aliphatic rings. The molecule has 0 spiro atoms. The van der Waals surface area contributed by atoms with Crippen molar-refractivity contribution in [2.75, 3.05) is 14.1 Å². The molecule has 63 valence electrons. The number of nitrogens with zero attached hydrogens (tertiary/aromatic N) is 1. The normalized spacial score (nSPS) is 9.50. The van der Waals surface area contributed by atoms with Gasteiger partial charge in [0.05, 0.1) is 6.42 Å². The van der Waals surface area contributed by atoms with Crippen molar-refractivity contribution in [3.63, 3.8) is 0 Å². The molecule has 0 atom stereocenters. The molecule has 0 heterocycles. The van der Waals surface area contributed by atoms with Crippen molar-refractivity contribution in [3.05, 3.63) is 35.9 Å². The van der Waals surface area contributed by atoms with Crippen LogP contribution in [0.15, 0.2) is 24.3 Å². The van der Waals surface area contributed by atoms with Crippen LogP contribution in [0.3, 0.4) is 0 Å². The summed E-state index contributed by atoms with van der Waals surface area (Å²) in [6, 6.07) is 10.5. The maximum atomic E-state index is 11.2. The topological polar surface area (TPSA) is 20.3 Å². The second kappa shape index (κ2) is 3.90. The third kappa shape index (κ3) is 2.38. The fourth-order valence-electron chi connectivity index (χ4n) is 0.862. The molecule has 1 rings (SSSR count). The van der Waals surface area contributed by atoms with Crippen LogP contribution in [0.5, 0.6) is 0 Å². The summed E-state index contributed by atoms with van der Waals surface area (Å²) < 4.78 is 0. The van der Waals surface area contributed by atoms with Gasteiger partial charge in [-0.2, -0.15) is 0 Å². The Balaban J connectivity index is 2.59. The molecule has 1 aromatic carbocycles. The predicted octanol–water partition coefficient (Wildman–Crippen LogP) is 1.12. The Hall–Kier alpha value is -1.31. The molecule has 0 N–H and O–H groups in total. The fourth-order valence-corrected chi connectivity index (χ4v) is 0.862. The summed E-state index contributed by atoms with van der Waals surface area (Å²) in [4.78, 5) is 12.8. The number of hydrogen-bond acceptors (Lipinski definition) is 1. The minimum atomic E-state index is 0.109. The summed E-state index contributed by atoms with van der Waals surface area (Å²) in [5.41, 5.74) is 0.941.